The first kappa shape index (κ1) is 10.6. The zero-order chi connectivity index (χ0) is 11.1. The van der Waals surface area contributed by atoms with Gasteiger partial charge < -0.3 is 0 Å². The van der Waals surface area contributed by atoms with Crippen LogP contribution in [-0.2, 0) is 6.42 Å². The van der Waals surface area contributed by atoms with Crippen LogP contribution in [0.25, 0.3) is 0 Å². The van der Waals surface area contributed by atoms with Gasteiger partial charge in [0, 0.05) is 23.2 Å². The lowest BCUT2D eigenvalue weighted by molar-refractivity contribution is 0.341. The van der Waals surface area contributed by atoms with E-state index in [4.69, 9.17) is 11.6 Å². The summed E-state index contributed by atoms with van der Waals surface area (Å²) < 4.78 is 0. The summed E-state index contributed by atoms with van der Waals surface area (Å²) in [4.78, 5) is 4.60. The molecule has 2 heteroatoms. The number of nitrogens with zero attached hydrogens (tertiary/aromatic N) is 1. The molecular weight excluding hydrogens is 218 g/mol. The minimum atomic E-state index is 0.387. The van der Waals surface area contributed by atoms with Gasteiger partial charge in [0.15, 0.2) is 0 Å². The van der Waals surface area contributed by atoms with Crippen LogP contribution >= 0.6 is 11.6 Å². The minimum absolute atomic E-state index is 0.387. The van der Waals surface area contributed by atoms with Crippen molar-refractivity contribution in [1.29, 1.82) is 0 Å². The first-order chi connectivity index (χ1) is 7.77. The van der Waals surface area contributed by atoms with Gasteiger partial charge in [0.1, 0.15) is 0 Å². The molecule has 0 N–H and O–H groups in total. The number of halogens is 1. The molecule has 0 saturated heterocycles. The molecule has 16 heavy (non-hydrogen) atoms. The summed E-state index contributed by atoms with van der Waals surface area (Å²) in [5, 5.41) is 0.387. The fraction of sp³-hybridized carbons (Fsp3) is 0.643. The van der Waals surface area contributed by atoms with Crippen LogP contribution < -0.4 is 0 Å². The van der Waals surface area contributed by atoms with E-state index in [1.54, 1.807) is 0 Å². The second kappa shape index (κ2) is 4.03. The van der Waals surface area contributed by atoms with Crippen LogP contribution in [0, 0.1) is 11.8 Å². The van der Waals surface area contributed by atoms with Gasteiger partial charge in [0.05, 0.1) is 0 Å². The van der Waals surface area contributed by atoms with E-state index in [2.05, 4.69) is 24.0 Å². The maximum absolute atomic E-state index is 6.34. The van der Waals surface area contributed by atoms with E-state index in [0.29, 0.717) is 17.2 Å². The van der Waals surface area contributed by atoms with Crippen LogP contribution in [-0.4, -0.2) is 10.4 Å². The number of pyridine rings is 1. The first-order valence-corrected chi connectivity index (χ1v) is 6.79. The zero-order valence-electron chi connectivity index (χ0n) is 9.70. The summed E-state index contributed by atoms with van der Waals surface area (Å²) in [6.45, 7) is 2.32. The van der Waals surface area contributed by atoms with Crippen molar-refractivity contribution >= 4 is 11.6 Å². The Labute approximate surface area is 102 Å². The molecule has 1 saturated carbocycles. The minimum Gasteiger partial charge on any atom is -0.261 e. The number of hydrogen-bond acceptors (Lipinski definition) is 1. The molecular formula is C14H18ClN. The van der Waals surface area contributed by atoms with Gasteiger partial charge in [0.2, 0.25) is 0 Å². The maximum atomic E-state index is 6.34. The van der Waals surface area contributed by atoms with E-state index in [0.717, 1.165) is 5.92 Å². The van der Waals surface area contributed by atoms with Crippen molar-refractivity contribution in [2.24, 2.45) is 11.8 Å². The highest BCUT2D eigenvalue weighted by Crippen LogP contribution is 2.48. The SMILES string of the molecule is CC1C(Cl)CCC1C1CCc2cccnc21. The van der Waals surface area contributed by atoms with Crippen molar-refractivity contribution in [1.82, 2.24) is 4.98 Å². The van der Waals surface area contributed by atoms with Crippen LogP contribution in [0.1, 0.15) is 43.4 Å². The molecule has 0 aromatic carbocycles. The number of aromatic nitrogens is 1. The van der Waals surface area contributed by atoms with Gasteiger partial charge in [-0.1, -0.05) is 13.0 Å². The Morgan fingerprint density at radius 2 is 2.19 bits per heavy atom. The summed E-state index contributed by atoms with van der Waals surface area (Å²) in [7, 11) is 0. The van der Waals surface area contributed by atoms with Gasteiger partial charge in [-0.2, -0.15) is 0 Å². The van der Waals surface area contributed by atoms with Gasteiger partial charge in [0.25, 0.3) is 0 Å². The number of aryl methyl sites for hydroxylation is 1. The summed E-state index contributed by atoms with van der Waals surface area (Å²) >= 11 is 6.34. The molecule has 2 aliphatic carbocycles. The second-order valence-corrected chi connectivity index (χ2v) is 5.87. The standard InChI is InChI=1S/C14H18ClN/c1-9-11(6-7-13(9)15)12-5-4-10-3-2-8-16-14(10)12/h2-3,8-9,11-13H,4-7H2,1H3. The Morgan fingerprint density at radius 1 is 1.31 bits per heavy atom. The molecule has 3 rings (SSSR count). The van der Waals surface area contributed by atoms with E-state index < -0.39 is 0 Å². The van der Waals surface area contributed by atoms with Crippen molar-refractivity contribution in [3.05, 3.63) is 29.6 Å². The molecule has 0 bridgehead atoms. The van der Waals surface area contributed by atoms with Crippen molar-refractivity contribution in [3.8, 4) is 0 Å². The Balaban J connectivity index is 1.88. The molecule has 0 amide bonds. The average Bonchev–Trinajstić information content (AvgIpc) is 2.85. The number of hydrogen-bond donors (Lipinski definition) is 0. The lowest BCUT2D eigenvalue weighted by atomic mass is 9.83. The van der Waals surface area contributed by atoms with Gasteiger partial charge >= 0.3 is 0 Å². The molecule has 1 fully saturated rings. The molecule has 4 unspecified atom stereocenters. The van der Waals surface area contributed by atoms with Crippen molar-refractivity contribution < 1.29 is 0 Å². The summed E-state index contributed by atoms with van der Waals surface area (Å²) in [5.74, 6) is 2.09. The number of rotatable bonds is 1. The Morgan fingerprint density at radius 3 is 2.94 bits per heavy atom. The molecule has 4 atom stereocenters. The van der Waals surface area contributed by atoms with Gasteiger partial charge in [-0.05, 0) is 49.1 Å². The highest BCUT2D eigenvalue weighted by Gasteiger charge is 2.40. The number of fused-ring (bicyclic) bond motifs is 1. The van der Waals surface area contributed by atoms with Gasteiger partial charge in [-0.25, -0.2) is 0 Å². The largest absolute Gasteiger partial charge is 0.261 e. The fourth-order valence-electron chi connectivity index (χ4n) is 3.57. The van der Waals surface area contributed by atoms with E-state index >= 15 is 0 Å². The summed E-state index contributed by atoms with van der Waals surface area (Å²) in [6.07, 6.45) is 6.91. The number of alkyl halides is 1. The van der Waals surface area contributed by atoms with Crippen LogP contribution in [0.5, 0.6) is 0 Å². The second-order valence-electron chi connectivity index (χ2n) is 5.31. The van der Waals surface area contributed by atoms with Gasteiger partial charge in [-0.3, -0.25) is 4.98 Å². The van der Waals surface area contributed by atoms with Crippen molar-refractivity contribution in [3.63, 3.8) is 0 Å². The Kier molecular flexibility index (Phi) is 2.67. The molecule has 1 heterocycles. The Hall–Kier alpha value is -0.560. The molecule has 0 radical (unpaired) electrons. The highest BCUT2D eigenvalue weighted by atomic mass is 35.5. The van der Waals surface area contributed by atoms with E-state index in [1.165, 1.54) is 36.9 Å². The predicted octanol–water partition coefficient (Wildman–Crippen LogP) is 3.76. The molecule has 86 valence electrons. The van der Waals surface area contributed by atoms with Gasteiger partial charge in [-0.15, -0.1) is 11.6 Å². The summed E-state index contributed by atoms with van der Waals surface area (Å²) in [6, 6.07) is 4.30. The van der Waals surface area contributed by atoms with Crippen LogP contribution in [0.15, 0.2) is 18.3 Å². The molecule has 1 aromatic rings. The van der Waals surface area contributed by atoms with Crippen LogP contribution in [0.4, 0.5) is 0 Å². The van der Waals surface area contributed by atoms with E-state index in [1.807, 2.05) is 6.20 Å². The lowest BCUT2D eigenvalue weighted by Gasteiger charge is -2.24. The molecule has 0 spiro atoms. The normalized spacial score (nSPS) is 37.6. The van der Waals surface area contributed by atoms with Crippen molar-refractivity contribution in [2.45, 2.75) is 43.9 Å². The molecule has 1 nitrogen and oxygen atoms in total. The predicted molar refractivity (Wildman–Crippen MR) is 66.8 cm³/mol. The lowest BCUT2D eigenvalue weighted by Crippen LogP contribution is -2.17. The molecule has 1 aromatic heterocycles. The van der Waals surface area contributed by atoms with E-state index in [-0.39, 0.29) is 0 Å². The zero-order valence-corrected chi connectivity index (χ0v) is 10.5. The summed E-state index contributed by atoms with van der Waals surface area (Å²) in [5.41, 5.74) is 2.84. The maximum Gasteiger partial charge on any atom is 0.0469 e. The quantitative estimate of drug-likeness (QED) is 0.676. The first-order valence-electron chi connectivity index (χ1n) is 6.35. The Bertz CT molecular complexity index is 390. The average molecular weight is 236 g/mol. The highest BCUT2D eigenvalue weighted by molar-refractivity contribution is 6.20. The smallest absolute Gasteiger partial charge is 0.0469 e. The fourth-order valence-corrected chi connectivity index (χ4v) is 3.89. The molecule has 2 aliphatic rings. The monoisotopic (exact) mass is 235 g/mol. The van der Waals surface area contributed by atoms with Crippen LogP contribution in [0.3, 0.4) is 0 Å². The third kappa shape index (κ3) is 1.57. The topological polar surface area (TPSA) is 12.9 Å². The molecule has 0 aliphatic heterocycles. The van der Waals surface area contributed by atoms with Crippen molar-refractivity contribution in [2.75, 3.05) is 0 Å². The third-order valence-corrected chi connectivity index (χ3v) is 5.16. The van der Waals surface area contributed by atoms with Crippen LogP contribution in [0.2, 0.25) is 0 Å². The third-order valence-electron chi connectivity index (χ3n) is 4.54. The van der Waals surface area contributed by atoms with E-state index in [9.17, 15) is 0 Å².